The summed E-state index contributed by atoms with van der Waals surface area (Å²) in [4.78, 5) is 14.6. The predicted octanol–water partition coefficient (Wildman–Crippen LogP) is 2.00. The predicted molar refractivity (Wildman–Crippen MR) is 65.9 cm³/mol. The Kier molecular flexibility index (Phi) is 3.48. The molecule has 2 aliphatic heterocycles. The highest BCUT2D eigenvalue weighted by Crippen LogP contribution is 2.28. The summed E-state index contributed by atoms with van der Waals surface area (Å²) < 4.78 is 5.80. The molecular formula is C14H23NO2. The lowest BCUT2D eigenvalue weighted by Crippen LogP contribution is -2.45. The molecule has 0 N–H and O–H groups in total. The van der Waals surface area contributed by atoms with Gasteiger partial charge in [0.05, 0.1) is 18.8 Å². The number of carbonyl (C=O) groups excluding carboxylic acids is 1. The van der Waals surface area contributed by atoms with Gasteiger partial charge in [-0.3, -0.25) is 9.69 Å². The Labute approximate surface area is 104 Å². The van der Waals surface area contributed by atoms with Crippen molar-refractivity contribution in [2.45, 2.75) is 57.2 Å². The molecule has 96 valence electrons. The summed E-state index contributed by atoms with van der Waals surface area (Å²) in [5, 5.41) is 0. The van der Waals surface area contributed by atoms with E-state index in [1.165, 1.54) is 32.1 Å². The number of rotatable bonds is 3. The number of carbonyl (C=O) groups is 1. The largest absolute Gasteiger partial charge is 0.372 e. The second-order valence-corrected chi connectivity index (χ2v) is 5.95. The number of Topliss-reactive ketones (excluding diaryl/α,β-unsaturated/α-hetero) is 1. The van der Waals surface area contributed by atoms with Crippen LogP contribution in [-0.4, -0.2) is 42.5 Å². The van der Waals surface area contributed by atoms with Crippen molar-refractivity contribution in [1.29, 1.82) is 0 Å². The van der Waals surface area contributed by atoms with Crippen LogP contribution in [0.15, 0.2) is 0 Å². The average molecular weight is 237 g/mol. The zero-order valence-electron chi connectivity index (χ0n) is 10.6. The molecule has 0 spiro atoms. The van der Waals surface area contributed by atoms with Crippen LogP contribution in [0.2, 0.25) is 0 Å². The van der Waals surface area contributed by atoms with Gasteiger partial charge < -0.3 is 4.74 Å². The van der Waals surface area contributed by atoms with Crippen molar-refractivity contribution in [2.24, 2.45) is 5.92 Å². The molecule has 3 rings (SSSR count). The Bertz CT molecular complexity index is 274. The van der Waals surface area contributed by atoms with Crippen LogP contribution < -0.4 is 0 Å². The van der Waals surface area contributed by atoms with E-state index in [2.05, 4.69) is 4.90 Å². The molecule has 0 aromatic carbocycles. The fourth-order valence-corrected chi connectivity index (χ4v) is 3.60. The van der Waals surface area contributed by atoms with Crippen LogP contribution in [0.4, 0.5) is 0 Å². The Morgan fingerprint density at radius 2 is 1.65 bits per heavy atom. The molecule has 0 radical (unpaired) electrons. The second-order valence-electron chi connectivity index (χ2n) is 5.95. The number of ether oxygens (including phenoxy) is 1. The van der Waals surface area contributed by atoms with E-state index < -0.39 is 0 Å². The van der Waals surface area contributed by atoms with E-state index in [1.807, 2.05) is 0 Å². The molecule has 2 saturated heterocycles. The maximum atomic E-state index is 12.2. The van der Waals surface area contributed by atoms with Gasteiger partial charge in [-0.15, -0.1) is 0 Å². The minimum atomic E-state index is 0.365. The van der Waals surface area contributed by atoms with Crippen molar-refractivity contribution < 1.29 is 9.53 Å². The van der Waals surface area contributed by atoms with Crippen molar-refractivity contribution in [1.82, 2.24) is 4.90 Å². The third-order valence-corrected chi connectivity index (χ3v) is 4.56. The topological polar surface area (TPSA) is 29.5 Å². The van der Waals surface area contributed by atoms with Crippen molar-refractivity contribution >= 4 is 5.78 Å². The summed E-state index contributed by atoms with van der Waals surface area (Å²) in [5.41, 5.74) is 0. The molecule has 1 saturated carbocycles. The maximum Gasteiger partial charge on any atom is 0.149 e. The summed E-state index contributed by atoms with van der Waals surface area (Å²) in [6.07, 6.45) is 9.31. The molecule has 2 unspecified atom stereocenters. The summed E-state index contributed by atoms with van der Waals surface area (Å²) in [7, 11) is 0. The first-order valence-electron chi connectivity index (χ1n) is 7.22. The number of likely N-dealkylation sites (tertiary alicyclic amines) is 1. The van der Waals surface area contributed by atoms with Gasteiger partial charge in [-0.05, 0) is 25.7 Å². The van der Waals surface area contributed by atoms with E-state index in [1.54, 1.807) is 0 Å². The van der Waals surface area contributed by atoms with Crippen LogP contribution in [0.5, 0.6) is 0 Å². The zero-order valence-corrected chi connectivity index (χ0v) is 10.6. The molecule has 0 aromatic rings. The molecule has 0 amide bonds. The Hall–Kier alpha value is -0.410. The highest BCUT2D eigenvalue weighted by molar-refractivity contribution is 5.83. The molecule has 3 heteroatoms. The van der Waals surface area contributed by atoms with Crippen molar-refractivity contribution in [3.63, 3.8) is 0 Å². The molecule has 2 atom stereocenters. The minimum Gasteiger partial charge on any atom is -0.372 e. The first-order chi connectivity index (χ1) is 8.31. The fourth-order valence-electron chi connectivity index (χ4n) is 3.60. The van der Waals surface area contributed by atoms with Gasteiger partial charge in [0.15, 0.2) is 0 Å². The number of hydrogen-bond acceptors (Lipinski definition) is 3. The van der Waals surface area contributed by atoms with Gasteiger partial charge in [0.2, 0.25) is 0 Å². The van der Waals surface area contributed by atoms with Crippen LogP contribution >= 0.6 is 0 Å². The lowest BCUT2D eigenvalue weighted by Gasteiger charge is -2.32. The quantitative estimate of drug-likeness (QED) is 0.752. The third kappa shape index (κ3) is 2.71. The van der Waals surface area contributed by atoms with E-state index in [4.69, 9.17) is 4.74 Å². The smallest absolute Gasteiger partial charge is 0.149 e. The number of ketones is 1. The molecule has 0 aromatic heterocycles. The third-order valence-electron chi connectivity index (χ3n) is 4.56. The van der Waals surface area contributed by atoms with E-state index in [9.17, 15) is 4.79 Å². The van der Waals surface area contributed by atoms with Gasteiger partial charge in [0.1, 0.15) is 5.78 Å². The van der Waals surface area contributed by atoms with E-state index in [0.29, 0.717) is 30.5 Å². The van der Waals surface area contributed by atoms with Crippen LogP contribution in [-0.2, 0) is 9.53 Å². The second kappa shape index (κ2) is 5.07. The van der Waals surface area contributed by atoms with Crippen molar-refractivity contribution in [3.05, 3.63) is 0 Å². The van der Waals surface area contributed by atoms with Crippen molar-refractivity contribution in [3.8, 4) is 0 Å². The Balaban J connectivity index is 1.50. The first-order valence-corrected chi connectivity index (χ1v) is 7.22. The maximum absolute atomic E-state index is 12.2. The monoisotopic (exact) mass is 237 g/mol. The van der Waals surface area contributed by atoms with Gasteiger partial charge in [-0.1, -0.05) is 19.3 Å². The number of hydrogen-bond donors (Lipinski definition) is 0. The van der Waals surface area contributed by atoms with Gasteiger partial charge >= 0.3 is 0 Å². The summed E-state index contributed by atoms with van der Waals surface area (Å²) in [6.45, 7) is 2.64. The highest BCUT2D eigenvalue weighted by atomic mass is 16.5. The van der Waals surface area contributed by atoms with Crippen molar-refractivity contribution in [2.75, 3.05) is 19.6 Å². The summed E-state index contributed by atoms with van der Waals surface area (Å²) >= 11 is 0. The molecule has 17 heavy (non-hydrogen) atoms. The average Bonchev–Trinajstić information content (AvgIpc) is 2.70. The standard InChI is InChI=1S/C14H23NO2/c16-14(11-4-2-1-3-5-11)10-15-8-12-6-7-13(9-15)17-12/h11-13H,1-10H2. The zero-order chi connectivity index (χ0) is 11.7. The molecule has 1 aliphatic carbocycles. The molecular weight excluding hydrogens is 214 g/mol. The summed E-state index contributed by atoms with van der Waals surface area (Å²) in [5.74, 6) is 0.857. The SMILES string of the molecule is O=C(CN1CC2CCC(C1)O2)C1CCCCC1. The number of morpholine rings is 1. The fraction of sp³-hybridized carbons (Fsp3) is 0.929. The Morgan fingerprint density at radius 1 is 1.00 bits per heavy atom. The first kappa shape index (κ1) is 11.7. The molecule has 3 aliphatic rings. The van der Waals surface area contributed by atoms with Gasteiger partial charge in [0.25, 0.3) is 0 Å². The van der Waals surface area contributed by atoms with Gasteiger partial charge in [0, 0.05) is 19.0 Å². The highest BCUT2D eigenvalue weighted by Gasteiger charge is 2.35. The van der Waals surface area contributed by atoms with E-state index >= 15 is 0 Å². The van der Waals surface area contributed by atoms with Gasteiger partial charge in [-0.2, -0.15) is 0 Å². The van der Waals surface area contributed by atoms with Crippen LogP contribution in [0.25, 0.3) is 0 Å². The minimum absolute atomic E-state index is 0.365. The van der Waals surface area contributed by atoms with Crippen LogP contribution in [0.3, 0.4) is 0 Å². The van der Waals surface area contributed by atoms with Gasteiger partial charge in [-0.25, -0.2) is 0 Å². The van der Waals surface area contributed by atoms with E-state index in [0.717, 1.165) is 25.9 Å². The Morgan fingerprint density at radius 3 is 2.29 bits per heavy atom. The lowest BCUT2D eigenvalue weighted by molar-refractivity contribution is -0.127. The molecule has 2 bridgehead atoms. The molecule has 2 heterocycles. The van der Waals surface area contributed by atoms with E-state index in [-0.39, 0.29) is 0 Å². The van der Waals surface area contributed by atoms with Crippen LogP contribution in [0, 0.1) is 5.92 Å². The van der Waals surface area contributed by atoms with Crippen LogP contribution in [0.1, 0.15) is 44.9 Å². The number of nitrogens with zero attached hydrogens (tertiary/aromatic N) is 1. The lowest BCUT2D eigenvalue weighted by atomic mass is 9.86. The molecule has 3 nitrogen and oxygen atoms in total. The number of fused-ring (bicyclic) bond motifs is 2. The molecule has 3 fully saturated rings. The summed E-state index contributed by atoms with van der Waals surface area (Å²) in [6, 6.07) is 0. The normalized spacial score (nSPS) is 35.1.